The molecule has 2 heterocycles. The number of carboxylic acid groups (broad SMARTS) is 2. The van der Waals surface area contributed by atoms with Crippen LogP contribution in [-0.2, 0) is 64.0 Å². The molecule has 2 aliphatic heterocycles. The summed E-state index contributed by atoms with van der Waals surface area (Å²) in [5, 5.41) is 19.0. The van der Waals surface area contributed by atoms with E-state index in [1.54, 1.807) is 6.08 Å². The number of hydrogen-bond acceptors (Lipinski definition) is 6. The zero-order valence-electron chi connectivity index (χ0n) is 34.8. The Bertz CT molecular complexity index is 2080. The molecule has 0 saturated carbocycles. The van der Waals surface area contributed by atoms with Gasteiger partial charge in [-0.2, -0.15) is 0 Å². The van der Waals surface area contributed by atoms with E-state index in [-0.39, 0.29) is 32.8 Å². The van der Waals surface area contributed by atoms with Crippen molar-refractivity contribution >= 4 is 69.7 Å². The molecule has 0 bridgehead atoms. The van der Waals surface area contributed by atoms with Gasteiger partial charge in [-0.25, -0.2) is 0 Å². The van der Waals surface area contributed by atoms with Crippen LogP contribution in [0.5, 0.6) is 0 Å². The Morgan fingerprint density at radius 3 is 1.45 bits per heavy atom. The van der Waals surface area contributed by atoms with Gasteiger partial charge in [0.2, 0.25) is 0 Å². The normalized spacial score (nSPS) is 11.7. The van der Waals surface area contributed by atoms with Gasteiger partial charge in [0.15, 0.2) is 5.78 Å². The second-order valence-electron chi connectivity index (χ2n) is 13.1. The Morgan fingerprint density at radius 1 is 0.629 bits per heavy atom. The molecule has 0 spiro atoms. The van der Waals surface area contributed by atoms with Crippen molar-refractivity contribution in [3.05, 3.63) is 214 Å². The first-order valence-corrected chi connectivity index (χ1v) is 21.7. The number of fused-ring (bicyclic) bond motifs is 2. The van der Waals surface area contributed by atoms with Crippen LogP contribution in [0.3, 0.4) is 0 Å². The monoisotopic (exact) mass is 1060 g/mol. The fourth-order valence-electron chi connectivity index (χ4n) is 5.65. The van der Waals surface area contributed by atoms with Crippen molar-refractivity contribution in [1.82, 2.24) is 0 Å². The van der Waals surface area contributed by atoms with Gasteiger partial charge in [0.1, 0.15) is 6.61 Å². The van der Waals surface area contributed by atoms with E-state index in [1.807, 2.05) is 48.5 Å². The molecule has 0 amide bonds. The van der Waals surface area contributed by atoms with Crippen LogP contribution in [0.25, 0.3) is 5.57 Å². The molecule has 8 nitrogen and oxygen atoms in total. The molecule has 0 atom stereocenters. The number of carboxylic acids is 2. The minimum atomic E-state index is -0.833. The summed E-state index contributed by atoms with van der Waals surface area (Å²) in [5.41, 5.74) is 6.66. The third-order valence-electron chi connectivity index (χ3n) is 8.23. The molecule has 0 aromatic heterocycles. The van der Waals surface area contributed by atoms with Crippen molar-refractivity contribution < 1.29 is 59.2 Å². The van der Waals surface area contributed by atoms with Crippen LogP contribution in [0.1, 0.15) is 46.5 Å². The van der Waals surface area contributed by atoms with Crippen molar-refractivity contribution in [3.8, 4) is 0 Å². The van der Waals surface area contributed by atoms with Crippen LogP contribution in [0.15, 0.2) is 183 Å². The first-order chi connectivity index (χ1) is 29.5. The Labute approximate surface area is 394 Å². The number of ether oxygens (including phenoxy) is 3. The molecule has 0 unspecified atom stereocenters. The molecular formula is C51H52IO8PPd. The van der Waals surface area contributed by atoms with Crippen molar-refractivity contribution in [2.45, 2.75) is 33.7 Å². The number of carbonyl (C=O) groups is 3. The summed E-state index contributed by atoms with van der Waals surface area (Å²) in [6.45, 7) is 13.2. The minimum absolute atomic E-state index is 0. The fraction of sp³-hybridized carbons (Fsp3) is 0.157. The van der Waals surface area contributed by atoms with E-state index in [1.165, 1.54) is 36.2 Å². The molecule has 0 saturated heterocycles. The van der Waals surface area contributed by atoms with Crippen molar-refractivity contribution in [2.24, 2.45) is 0 Å². The standard InChI is InChI=1S/C18H15P.C10H11IO.C10H10O.C9H8O2.2C2H4O2.Pd/c1-4-10-16(11-5-1)19(17-12-6-2-7-13-17)18-14-8-3-9-15-18;1-2-7-12-8-9-5-3-4-6-10(9)11;1-8-6-11-7-9-4-2-3-5-10(8)9;10-9-6-11-5-7-3-1-2-4-8(7)9;2*1-2(3)4;/h1-15H;2-6H,1,7-8H2;2-5H,1,6-7H2;1-4H,5-6H2;2*1H3,(H,3,4);. The average molecular weight is 1060 g/mol. The minimum Gasteiger partial charge on any atom is -0.481 e. The van der Waals surface area contributed by atoms with Gasteiger partial charge < -0.3 is 24.4 Å². The Hall–Kier alpha value is -4.89. The van der Waals surface area contributed by atoms with Crippen LogP contribution in [0, 0.1) is 3.57 Å². The molecule has 8 rings (SSSR count). The van der Waals surface area contributed by atoms with Gasteiger partial charge in [-0.1, -0.05) is 170 Å². The predicted molar refractivity (Wildman–Crippen MR) is 256 cm³/mol. The molecule has 326 valence electrons. The SMILES string of the molecule is C=C1COCc2ccccc21.C=CCOCc1ccccc1I.CC(=O)O.CC(=O)O.O=C1COCc2ccccc21.[Pd].c1ccc(P(c2ccccc2)c2ccccc2)cc1. The number of Topliss-reactive ketones (excluding diaryl/α,β-unsaturated/α-hetero) is 1. The molecular weight excluding hydrogens is 1000 g/mol. The Kier molecular flexibility index (Phi) is 26.6. The predicted octanol–water partition coefficient (Wildman–Crippen LogP) is 10.2. The van der Waals surface area contributed by atoms with Crippen molar-refractivity contribution in [2.75, 3.05) is 19.8 Å². The smallest absolute Gasteiger partial charge is 0.300 e. The first kappa shape index (κ1) is 53.2. The van der Waals surface area contributed by atoms with E-state index >= 15 is 0 Å². The van der Waals surface area contributed by atoms with Gasteiger partial charge in [-0.3, -0.25) is 14.4 Å². The van der Waals surface area contributed by atoms with Crippen LogP contribution >= 0.6 is 30.5 Å². The second kappa shape index (κ2) is 31.0. The molecule has 0 aliphatic carbocycles. The van der Waals surface area contributed by atoms with Gasteiger partial charge in [-0.15, -0.1) is 6.58 Å². The van der Waals surface area contributed by atoms with E-state index in [4.69, 9.17) is 34.0 Å². The summed E-state index contributed by atoms with van der Waals surface area (Å²) < 4.78 is 16.9. The number of halogens is 1. The summed E-state index contributed by atoms with van der Waals surface area (Å²) >= 11 is 2.31. The Balaban J connectivity index is 0.000000274. The number of rotatable bonds is 7. The molecule has 6 aromatic carbocycles. The van der Waals surface area contributed by atoms with Crippen LogP contribution in [0.4, 0.5) is 0 Å². The van der Waals surface area contributed by atoms with E-state index in [2.05, 4.69) is 151 Å². The van der Waals surface area contributed by atoms with Gasteiger partial charge in [0.25, 0.3) is 11.9 Å². The molecule has 0 radical (unpaired) electrons. The van der Waals surface area contributed by atoms with Gasteiger partial charge >= 0.3 is 0 Å². The number of ketones is 1. The van der Waals surface area contributed by atoms with Gasteiger partial charge in [-0.05, 0) is 80.3 Å². The zero-order valence-corrected chi connectivity index (χ0v) is 39.4. The largest absolute Gasteiger partial charge is 0.481 e. The quantitative estimate of drug-likeness (QED) is 0.0534. The molecule has 11 heteroatoms. The summed E-state index contributed by atoms with van der Waals surface area (Å²) in [6.07, 6.45) is 1.76. The number of benzene rings is 6. The van der Waals surface area contributed by atoms with E-state index in [9.17, 15) is 4.79 Å². The van der Waals surface area contributed by atoms with Crippen molar-refractivity contribution in [1.29, 1.82) is 0 Å². The van der Waals surface area contributed by atoms with E-state index in [0.29, 0.717) is 26.4 Å². The van der Waals surface area contributed by atoms with Crippen molar-refractivity contribution in [3.63, 3.8) is 0 Å². The topological polar surface area (TPSA) is 119 Å². The molecule has 0 fully saturated rings. The average Bonchev–Trinajstić information content (AvgIpc) is 3.27. The molecule has 2 N–H and O–H groups in total. The third-order valence-corrected chi connectivity index (χ3v) is 11.7. The van der Waals surface area contributed by atoms with Gasteiger partial charge in [0, 0.05) is 43.4 Å². The zero-order chi connectivity index (χ0) is 44.2. The number of carbonyl (C=O) groups excluding carboxylic acids is 1. The maximum Gasteiger partial charge on any atom is 0.300 e. The maximum atomic E-state index is 11.2. The Morgan fingerprint density at radius 2 is 1.02 bits per heavy atom. The van der Waals surface area contributed by atoms with E-state index in [0.717, 1.165) is 37.2 Å². The second-order valence-corrected chi connectivity index (χ2v) is 16.5. The van der Waals surface area contributed by atoms with E-state index < -0.39 is 19.9 Å². The van der Waals surface area contributed by atoms with Crippen LogP contribution in [-0.4, -0.2) is 47.8 Å². The summed E-state index contributed by atoms with van der Waals surface area (Å²) in [7, 11) is -0.446. The van der Waals surface area contributed by atoms with Gasteiger partial charge in [0.05, 0.1) is 33.0 Å². The molecule has 62 heavy (non-hydrogen) atoms. The summed E-state index contributed by atoms with van der Waals surface area (Å²) in [6, 6.07) is 56.3. The number of hydrogen-bond donors (Lipinski definition) is 2. The maximum absolute atomic E-state index is 11.2. The summed E-state index contributed by atoms with van der Waals surface area (Å²) in [4.78, 5) is 29.2. The first-order valence-electron chi connectivity index (χ1n) is 19.3. The summed E-state index contributed by atoms with van der Waals surface area (Å²) in [5.74, 6) is -1.58. The van der Waals surface area contributed by atoms with Crippen LogP contribution < -0.4 is 15.9 Å². The molecule has 6 aromatic rings. The molecule has 2 aliphatic rings. The number of aliphatic carboxylic acids is 2. The fourth-order valence-corrected chi connectivity index (χ4v) is 8.50. The van der Waals surface area contributed by atoms with Crippen LogP contribution in [0.2, 0.25) is 0 Å². The third kappa shape index (κ3) is 20.3.